The summed E-state index contributed by atoms with van der Waals surface area (Å²) in [6, 6.07) is 9.32. The second kappa shape index (κ2) is 8.62. The largest absolute Gasteiger partial charge is 0.337 e. The van der Waals surface area contributed by atoms with Crippen LogP contribution in [-0.2, 0) is 16.1 Å². The van der Waals surface area contributed by atoms with E-state index in [0.717, 1.165) is 16.8 Å². The summed E-state index contributed by atoms with van der Waals surface area (Å²) < 4.78 is 0. The minimum atomic E-state index is -0.180. The summed E-state index contributed by atoms with van der Waals surface area (Å²) in [6.45, 7) is 6.04. The zero-order chi connectivity index (χ0) is 18.4. The van der Waals surface area contributed by atoms with Crippen molar-refractivity contribution in [2.24, 2.45) is 0 Å². The first-order valence-electron chi connectivity index (χ1n) is 8.09. The Hall–Kier alpha value is -2.40. The van der Waals surface area contributed by atoms with Gasteiger partial charge in [-0.1, -0.05) is 23.7 Å². The summed E-state index contributed by atoms with van der Waals surface area (Å²) in [5.41, 5.74) is 3.36. The van der Waals surface area contributed by atoms with E-state index in [1.165, 1.54) is 6.92 Å². The lowest BCUT2D eigenvalue weighted by Gasteiger charge is -2.20. The van der Waals surface area contributed by atoms with Gasteiger partial charge in [0.2, 0.25) is 11.8 Å². The number of pyridine rings is 1. The molecule has 0 saturated carbocycles. The standard InChI is InChI=1S/C19H22ClN3O2/c1-13-10-14(2)19(17(20)11-13)22-18(25)7-9-23(15(3)24)12-16-6-4-5-8-21-16/h4-6,8,10-11H,7,9,12H2,1-3H3,(H,22,25). The molecule has 0 atom stereocenters. The number of aryl methyl sites for hydroxylation is 2. The van der Waals surface area contributed by atoms with E-state index in [1.54, 1.807) is 11.1 Å². The monoisotopic (exact) mass is 359 g/mol. The Morgan fingerprint density at radius 1 is 1.24 bits per heavy atom. The van der Waals surface area contributed by atoms with Crippen molar-refractivity contribution in [1.29, 1.82) is 0 Å². The highest BCUT2D eigenvalue weighted by molar-refractivity contribution is 6.34. The van der Waals surface area contributed by atoms with Gasteiger partial charge in [-0.3, -0.25) is 14.6 Å². The summed E-state index contributed by atoms with van der Waals surface area (Å²) in [6.07, 6.45) is 1.87. The average Bonchev–Trinajstić information content (AvgIpc) is 2.55. The molecule has 0 unspecified atom stereocenters. The van der Waals surface area contributed by atoms with Gasteiger partial charge in [0.25, 0.3) is 0 Å². The molecule has 0 bridgehead atoms. The third kappa shape index (κ3) is 5.57. The maximum Gasteiger partial charge on any atom is 0.226 e. The maximum atomic E-state index is 12.3. The lowest BCUT2D eigenvalue weighted by molar-refractivity contribution is -0.130. The first kappa shape index (κ1) is 18.9. The normalized spacial score (nSPS) is 10.4. The number of aromatic nitrogens is 1. The van der Waals surface area contributed by atoms with E-state index in [1.807, 2.05) is 44.2 Å². The highest BCUT2D eigenvalue weighted by atomic mass is 35.5. The average molecular weight is 360 g/mol. The molecule has 2 aromatic rings. The molecule has 2 amide bonds. The number of nitrogens with one attached hydrogen (secondary N) is 1. The van der Waals surface area contributed by atoms with Crippen molar-refractivity contribution in [2.45, 2.75) is 33.7 Å². The van der Waals surface area contributed by atoms with Crippen molar-refractivity contribution < 1.29 is 9.59 Å². The summed E-state index contributed by atoms with van der Waals surface area (Å²) in [5.74, 6) is -0.274. The van der Waals surface area contributed by atoms with Crippen LogP contribution in [0.1, 0.15) is 30.2 Å². The summed E-state index contributed by atoms with van der Waals surface area (Å²) in [5, 5.41) is 3.36. The molecule has 1 aromatic carbocycles. The number of benzene rings is 1. The molecular formula is C19H22ClN3O2. The predicted molar refractivity (Wildman–Crippen MR) is 99.5 cm³/mol. The fourth-order valence-corrected chi connectivity index (χ4v) is 2.92. The number of amides is 2. The van der Waals surface area contributed by atoms with Crippen LogP contribution >= 0.6 is 11.6 Å². The summed E-state index contributed by atoms with van der Waals surface area (Å²) in [7, 11) is 0. The number of carbonyl (C=O) groups excluding carboxylic acids is 2. The topological polar surface area (TPSA) is 62.3 Å². The number of carbonyl (C=O) groups is 2. The molecule has 0 saturated heterocycles. The fraction of sp³-hybridized carbons (Fsp3) is 0.316. The third-order valence-electron chi connectivity index (χ3n) is 3.83. The van der Waals surface area contributed by atoms with E-state index >= 15 is 0 Å². The van der Waals surface area contributed by atoms with Gasteiger partial charge in [-0.15, -0.1) is 0 Å². The van der Waals surface area contributed by atoms with Gasteiger partial charge in [0.1, 0.15) is 0 Å². The molecule has 5 nitrogen and oxygen atoms in total. The molecule has 0 spiro atoms. The molecule has 0 aliphatic rings. The van der Waals surface area contributed by atoms with Crippen LogP contribution in [0.4, 0.5) is 5.69 Å². The van der Waals surface area contributed by atoms with Crippen LogP contribution in [0.15, 0.2) is 36.5 Å². The van der Waals surface area contributed by atoms with Gasteiger partial charge in [-0.2, -0.15) is 0 Å². The second-order valence-corrected chi connectivity index (χ2v) is 6.41. The first-order chi connectivity index (χ1) is 11.9. The van der Waals surface area contributed by atoms with Crippen molar-refractivity contribution in [3.63, 3.8) is 0 Å². The number of halogens is 1. The Morgan fingerprint density at radius 3 is 2.60 bits per heavy atom. The molecule has 0 fully saturated rings. The van der Waals surface area contributed by atoms with E-state index in [2.05, 4.69) is 10.3 Å². The summed E-state index contributed by atoms with van der Waals surface area (Å²) in [4.78, 5) is 29.9. The molecule has 1 heterocycles. The molecule has 1 aromatic heterocycles. The molecule has 0 radical (unpaired) electrons. The smallest absolute Gasteiger partial charge is 0.226 e. The second-order valence-electron chi connectivity index (χ2n) is 6.00. The van der Waals surface area contributed by atoms with Crippen LogP contribution in [0.2, 0.25) is 5.02 Å². The minimum absolute atomic E-state index is 0.0944. The van der Waals surface area contributed by atoms with Crippen LogP contribution in [0.5, 0.6) is 0 Å². The van der Waals surface area contributed by atoms with Gasteiger partial charge in [0.15, 0.2) is 0 Å². The van der Waals surface area contributed by atoms with Gasteiger partial charge in [-0.25, -0.2) is 0 Å². The van der Waals surface area contributed by atoms with E-state index in [4.69, 9.17) is 11.6 Å². The van der Waals surface area contributed by atoms with Crippen molar-refractivity contribution in [2.75, 3.05) is 11.9 Å². The van der Waals surface area contributed by atoms with Gasteiger partial charge in [0, 0.05) is 26.1 Å². The fourth-order valence-electron chi connectivity index (χ4n) is 2.55. The number of rotatable bonds is 6. The minimum Gasteiger partial charge on any atom is -0.337 e. The Morgan fingerprint density at radius 2 is 2.00 bits per heavy atom. The molecule has 2 rings (SSSR count). The zero-order valence-electron chi connectivity index (χ0n) is 14.7. The zero-order valence-corrected chi connectivity index (χ0v) is 15.4. The van der Waals surface area contributed by atoms with E-state index in [9.17, 15) is 9.59 Å². The molecule has 6 heteroatoms. The Labute approximate surface area is 153 Å². The van der Waals surface area contributed by atoms with Crippen LogP contribution in [0.25, 0.3) is 0 Å². The molecule has 0 aliphatic carbocycles. The van der Waals surface area contributed by atoms with E-state index in [-0.39, 0.29) is 18.2 Å². The highest BCUT2D eigenvalue weighted by Gasteiger charge is 2.14. The lowest BCUT2D eigenvalue weighted by Crippen LogP contribution is -2.32. The molecule has 132 valence electrons. The van der Waals surface area contributed by atoms with Crippen LogP contribution in [-0.4, -0.2) is 28.2 Å². The van der Waals surface area contributed by atoms with Crippen LogP contribution in [0, 0.1) is 13.8 Å². The quantitative estimate of drug-likeness (QED) is 0.854. The first-order valence-corrected chi connectivity index (χ1v) is 8.46. The Balaban J connectivity index is 1.96. The molecular weight excluding hydrogens is 338 g/mol. The number of hydrogen-bond acceptors (Lipinski definition) is 3. The van der Waals surface area contributed by atoms with E-state index in [0.29, 0.717) is 23.8 Å². The van der Waals surface area contributed by atoms with Crippen molar-refractivity contribution in [3.05, 3.63) is 58.4 Å². The Bertz CT molecular complexity index is 740. The number of anilines is 1. The predicted octanol–water partition coefficient (Wildman–Crippen LogP) is 3.73. The summed E-state index contributed by atoms with van der Waals surface area (Å²) >= 11 is 6.21. The van der Waals surface area contributed by atoms with Crippen LogP contribution in [0.3, 0.4) is 0 Å². The molecule has 25 heavy (non-hydrogen) atoms. The van der Waals surface area contributed by atoms with Gasteiger partial charge in [-0.05, 0) is 43.2 Å². The highest BCUT2D eigenvalue weighted by Crippen LogP contribution is 2.27. The molecule has 1 N–H and O–H groups in total. The van der Waals surface area contributed by atoms with Gasteiger partial charge in [0.05, 0.1) is 22.9 Å². The van der Waals surface area contributed by atoms with E-state index < -0.39 is 0 Å². The van der Waals surface area contributed by atoms with Gasteiger partial charge < -0.3 is 10.2 Å². The van der Waals surface area contributed by atoms with Gasteiger partial charge >= 0.3 is 0 Å². The number of nitrogens with zero attached hydrogens (tertiary/aromatic N) is 2. The number of hydrogen-bond donors (Lipinski definition) is 1. The van der Waals surface area contributed by atoms with Crippen molar-refractivity contribution in [3.8, 4) is 0 Å². The van der Waals surface area contributed by atoms with Crippen LogP contribution < -0.4 is 5.32 Å². The third-order valence-corrected chi connectivity index (χ3v) is 4.13. The van der Waals surface area contributed by atoms with Crippen molar-refractivity contribution in [1.82, 2.24) is 9.88 Å². The van der Waals surface area contributed by atoms with Crippen molar-refractivity contribution >= 4 is 29.1 Å². The SMILES string of the molecule is CC(=O)N(CCC(=O)Nc1c(C)cc(C)cc1Cl)Cc1ccccn1. The molecule has 0 aliphatic heterocycles. The maximum absolute atomic E-state index is 12.3. The Kier molecular flexibility index (Phi) is 6.53. The lowest BCUT2D eigenvalue weighted by atomic mass is 10.1.